The van der Waals surface area contributed by atoms with E-state index in [2.05, 4.69) is 10.3 Å². The molecule has 6 nitrogen and oxygen atoms in total. The van der Waals surface area contributed by atoms with Gasteiger partial charge in [0, 0.05) is 24.0 Å². The highest BCUT2D eigenvalue weighted by Gasteiger charge is 2.42. The van der Waals surface area contributed by atoms with Crippen molar-refractivity contribution in [1.29, 1.82) is 5.26 Å². The molecule has 2 aromatic rings. The molecule has 2 atom stereocenters. The molecule has 0 aliphatic carbocycles. The molecule has 2 unspecified atom stereocenters. The van der Waals surface area contributed by atoms with Crippen LogP contribution >= 0.6 is 11.6 Å². The van der Waals surface area contributed by atoms with Crippen molar-refractivity contribution < 1.29 is 22.4 Å². The number of nitriles is 1. The Bertz CT molecular complexity index is 1040. The number of anilines is 2. The Hall–Kier alpha value is -2.90. The smallest absolute Gasteiger partial charge is 0.342 e. The molecule has 2 heterocycles. The molecule has 32 heavy (non-hydrogen) atoms. The van der Waals surface area contributed by atoms with E-state index in [0.29, 0.717) is 6.42 Å². The molecule has 11 heteroatoms. The second-order valence-corrected chi connectivity index (χ2v) is 7.24. The maximum Gasteiger partial charge on any atom is 0.417 e. The Kier molecular flexibility index (Phi) is 8.04. The Labute approximate surface area is 188 Å². The SMILES string of the molecule is CC.Cc1cc(C(F)(F)F)c(C#N)c(N2CCC(N)C2C(=O)Nc2ccc(F)c(Cl)c2)n1. The molecule has 1 aliphatic heterocycles. The van der Waals surface area contributed by atoms with E-state index in [1.807, 2.05) is 13.8 Å². The van der Waals surface area contributed by atoms with E-state index >= 15 is 0 Å². The van der Waals surface area contributed by atoms with E-state index in [9.17, 15) is 27.6 Å². The minimum absolute atomic E-state index is 0.0428. The number of nitrogens with two attached hydrogens (primary N) is 1. The van der Waals surface area contributed by atoms with Gasteiger partial charge in [0.25, 0.3) is 0 Å². The highest BCUT2D eigenvalue weighted by atomic mass is 35.5. The quantitative estimate of drug-likeness (QED) is 0.636. The van der Waals surface area contributed by atoms with Gasteiger partial charge in [-0.05, 0) is 37.6 Å². The van der Waals surface area contributed by atoms with Crippen molar-refractivity contribution in [3.8, 4) is 6.07 Å². The number of amides is 1. The lowest BCUT2D eigenvalue weighted by Crippen LogP contribution is -2.49. The van der Waals surface area contributed by atoms with Crippen LogP contribution in [0.5, 0.6) is 0 Å². The number of aryl methyl sites for hydroxylation is 1. The Balaban J connectivity index is 0.00000176. The van der Waals surface area contributed by atoms with Gasteiger partial charge in [0.15, 0.2) is 0 Å². The first-order chi connectivity index (χ1) is 15.0. The summed E-state index contributed by atoms with van der Waals surface area (Å²) in [5.41, 5.74) is 4.48. The summed E-state index contributed by atoms with van der Waals surface area (Å²) < 4.78 is 53.6. The predicted octanol–water partition coefficient (Wildman–Crippen LogP) is 4.64. The lowest BCUT2D eigenvalue weighted by Gasteiger charge is -2.28. The highest BCUT2D eigenvalue weighted by molar-refractivity contribution is 6.31. The van der Waals surface area contributed by atoms with Crippen LogP contribution in [0, 0.1) is 24.1 Å². The molecule has 1 aliphatic rings. The van der Waals surface area contributed by atoms with Crippen LogP contribution in [0.4, 0.5) is 29.1 Å². The number of aromatic nitrogens is 1. The maximum absolute atomic E-state index is 13.4. The average molecular weight is 472 g/mol. The number of carbonyl (C=O) groups is 1. The van der Waals surface area contributed by atoms with E-state index in [1.54, 1.807) is 6.07 Å². The van der Waals surface area contributed by atoms with Crippen molar-refractivity contribution in [2.24, 2.45) is 5.73 Å². The van der Waals surface area contributed by atoms with E-state index in [0.717, 1.165) is 12.1 Å². The van der Waals surface area contributed by atoms with Crippen molar-refractivity contribution >= 4 is 29.0 Å². The first-order valence-corrected chi connectivity index (χ1v) is 10.2. The number of rotatable bonds is 3. The van der Waals surface area contributed by atoms with Crippen LogP contribution in [0.25, 0.3) is 0 Å². The number of nitrogens with zero attached hydrogens (tertiary/aromatic N) is 3. The van der Waals surface area contributed by atoms with E-state index in [4.69, 9.17) is 17.3 Å². The van der Waals surface area contributed by atoms with Crippen LogP contribution in [-0.2, 0) is 11.0 Å². The number of hydrogen-bond donors (Lipinski definition) is 2. The fourth-order valence-electron chi connectivity index (χ4n) is 3.38. The fraction of sp³-hybridized carbons (Fsp3) is 0.381. The summed E-state index contributed by atoms with van der Waals surface area (Å²) in [5.74, 6) is -1.56. The number of nitrogens with one attached hydrogen (secondary N) is 1. The van der Waals surface area contributed by atoms with Crippen molar-refractivity contribution in [1.82, 2.24) is 4.98 Å². The summed E-state index contributed by atoms with van der Waals surface area (Å²) in [5, 5.41) is 11.7. The number of benzene rings is 1. The monoisotopic (exact) mass is 471 g/mol. The number of carbonyl (C=O) groups excluding carboxylic acids is 1. The Morgan fingerprint density at radius 3 is 2.56 bits per heavy atom. The number of pyridine rings is 1. The van der Waals surface area contributed by atoms with Gasteiger partial charge in [0.1, 0.15) is 29.3 Å². The molecule has 0 saturated carbocycles. The van der Waals surface area contributed by atoms with Crippen LogP contribution in [0.1, 0.15) is 37.1 Å². The normalized spacial score (nSPS) is 17.9. The van der Waals surface area contributed by atoms with Crippen LogP contribution in [0.2, 0.25) is 5.02 Å². The molecule has 172 valence electrons. The molecular formula is C21H22ClF4N5O. The van der Waals surface area contributed by atoms with Gasteiger partial charge in [-0.3, -0.25) is 4.79 Å². The number of halogens is 5. The van der Waals surface area contributed by atoms with E-state index < -0.39 is 41.1 Å². The summed E-state index contributed by atoms with van der Waals surface area (Å²) in [4.78, 5) is 18.3. The van der Waals surface area contributed by atoms with Gasteiger partial charge in [0.05, 0.1) is 10.6 Å². The number of alkyl halides is 3. The third-order valence-electron chi connectivity index (χ3n) is 4.72. The highest BCUT2D eigenvalue weighted by Crippen LogP contribution is 2.37. The maximum atomic E-state index is 13.4. The van der Waals surface area contributed by atoms with Crippen molar-refractivity contribution in [2.75, 3.05) is 16.8 Å². The zero-order valence-corrected chi connectivity index (χ0v) is 18.4. The van der Waals surface area contributed by atoms with Gasteiger partial charge in [-0.1, -0.05) is 25.4 Å². The van der Waals surface area contributed by atoms with Gasteiger partial charge in [-0.2, -0.15) is 18.4 Å². The standard InChI is InChI=1S/C19H16ClF4N5O.C2H6/c1-9-6-12(19(22,23)24)11(8-25)17(27-9)29-5-4-15(26)16(29)18(30)28-10-2-3-14(21)13(20)7-10;1-2/h2-3,6-7,15-16H,4-5,26H2,1H3,(H,28,30);1-2H3. The fourth-order valence-corrected chi connectivity index (χ4v) is 3.56. The van der Waals surface area contributed by atoms with Gasteiger partial charge < -0.3 is 16.0 Å². The molecule has 1 fully saturated rings. The van der Waals surface area contributed by atoms with Gasteiger partial charge in [-0.25, -0.2) is 9.37 Å². The molecule has 0 bridgehead atoms. The van der Waals surface area contributed by atoms with Crippen molar-refractivity contribution in [2.45, 2.75) is 45.5 Å². The molecule has 1 aromatic carbocycles. The Morgan fingerprint density at radius 2 is 2.00 bits per heavy atom. The lowest BCUT2D eigenvalue weighted by atomic mass is 10.1. The molecule has 0 radical (unpaired) electrons. The Morgan fingerprint density at radius 1 is 1.34 bits per heavy atom. The van der Waals surface area contributed by atoms with Crippen molar-refractivity contribution in [3.63, 3.8) is 0 Å². The largest absolute Gasteiger partial charge is 0.417 e. The summed E-state index contributed by atoms with van der Waals surface area (Å²) in [6.07, 6.45) is -4.47. The first kappa shape index (κ1) is 25.4. The minimum atomic E-state index is -4.77. The molecule has 1 saturated heterocycles. The molecule has 0 spiro atoms. The summed E-state index contributed by atoms with van der Waals surface area (Å²) in [6, 6.07) is 4.09. The zero-order chi connectivity index (χ0) is 24.2. The first-order valence-electron chi connectivity index (χ1n) is 9.80. The third-order valence-corrected chi connectivity index (χ3v) is 5.01. The second kappa shape index (κ2) is 10.1. The third kappa shape index (κ3) is 5.29. The molecule has 1 amide bonds. The average Bonchev–Trinajstić information content (AvgIpc) is 3.12. The summed E-state index contributed by atoms with van der Waals surface area (Å²) in [6.45, 7) is 5.50. The summed E-state index contributed by atoms with van der Waals surface area (Å²) >= 11 is 5.71. The van der Waals surface area contributed by atoms with E-state index in [-0.39, 0.29) is 28.8 Å². The number of hydrogen-bond acceptors (Lipinski definition) is 5. The van der Waals surface area contributed by atoms with Crippen LogP contribution < -0.4 is 16.0 Å². The van der Waals surface area contributed by atoms with Crippen LogP contribution in [0.15, 0.2) is 24.3 Å². The minimum Gasteiger partial charge on any atom is -0.342 e. The zero-order valence-electron chi connectivity index (χ0n) is 17.6. The molecular weight excluding hydrogens is 450 g/mol. The second-order valence-electron chi connectivity index (χ2n) is 6.83. The van der Waals surface area contributed by atoms with E-state index in [1.165, 1.54) is 24.0 Å². The lowest BCUT2D eigenvalue weighted by molar-refractivity contribution is -0.137. The van der Waals surface area contributed by atoms with Crippen LogP contribution in [0.3, 0.4) is 0 Å². The topological polar surface area (TPSA) is 95.0 Å². The van der Waals surface area contributed by atoms with Gasteiger partial charge in [-0.15, -0.1) is 0 Å². The van der Waals surface area contributed by atoms with Gasteiger partial charge in [0.2, 0.25) is 5.91 Å². The van der Waals surface area contributed by atoms with Crippen molar-refractivity contribution in [3.05, 3.63) is 51.9 Å². The molecule has 3 rings (SSSR count). The predicted molar refractivity (Wildman–Crippen MR) is 114 cm³/mol. The van der Waals surface area contributed by atoms with Gasteiger partial charge >= 0.3 is 6.18 Å². The van der Waals surface area contributed by atoms with Crippen LogP contribution in [-0.4, -0.2) is 29.5 Å². The molecule has 3 N–H and O–H groups in total. The molecule has 1 aromatic heterocycles. The summed E-state index contributed by atoms with van der Waals surface area (Å²) in [7, 11) is 0.